The van der Waals surface area contributed by atoms with E-state index in [1.807, 2.05) is 0 Å². The van der Waals surface area contributed by atoms with Crippen molar-refractivity contribution in [3.05, 3.63) is 0 Å². The number of urea groups is 1. The van der Waals surface area contributed by atoms with Crippen LogP contribution in [0.1, 0.15) is 38.5 Å². The highest BCUT2D eigenvalue weighted by Gasteiger charge is 2.57. The molecule has 2 amide bonds. The average Bonchev–Trinajstić information content (AvgIpc) is 2.76. The van der Waals surface area contributed by atoms with Gasteiger partial charge in [0.05, 0.1) is 18.8 Å². The molecule has 21 heavy (non-hydrogen) atoms. The summed E-state index contributed by atoms with van der Waals surface area (Å²) in [5.41, 5.74) is 0. The molecule has 2 N–H and O–H groups in total. The van der Waals surface area contributed by atoms with Crippen LogP contribution < -0.4 is 10.6 Å². The van der Waals surface area contributed by atoms with E-state index in [2.05, 4.69) is 10.6 Å². The second-order valence-electron chi connectivity index (χ2n) is 8.17. The van der Waals surface area contributed by atoms with Crippen molar-refractivity contribution in [1.29, 1.82) is 0 Å². The molecule has 8 unspecified atom stereocenters. The van der Waals surface area contributed by atoms with E-state index in [0.717, 1.165) is 42.7 Å². The molecule has 4 aliphatic carbocycles. The third kappa shape index (κ3) is 2.01. The third-order valence-electron chi connectivity index (χ3n) is 7.16. The normalized spacial score (nSPS) is 52.0. The van der Waals surface area contributed by atoms with Crippen LogP contribution in [0, 0.1) is 35.5 Å². The summed E-state index contributed by atoms with van der Waals surface area (Å²) in [4.78, 5) is 12.1. The average molecular weight is 290 g/mol. The molecule has 1 saturated heterocycles. The van der Waals surface area contributed by atoms with Crippen LogP contribution in [-0.2, 0) is 4.74 Å². The van der Waals surface area contributed by atoms with Crippen molar-refractivity contribution in [2.75, 3.05) is 13.2 Å². The van der Waals surface area contributed by atoms with E-state index < -0.39 is 0 Å². The van der Waals surface area contributed by atoms with Crippen molar-refractivity contribution in [1.82, 2.24) is 10.6 Å². The van der Waals surface area contributed by atoms with Gasteiger partial charge in [-0.15, -0.1) is 0 Å². The molecule has 4 saturated carbocycles. The Bertz CT molecular complexity index is 452. The summed E-state index contributed by atoms with van der Waals surface area (Å²) >= 11 is 0. The predicted octanol–water partition coefficient (Wildman–Crippen LogP) is 2.15. The molecule has 2 bridgehead atoms. The number of hydrogen-bond acceptors (Lipinski definition) is 2. The summed E-state index contributed by atoms with van der Waals surface area (Å²) in [7, 11) is 0. The van der Waals surface area contributed by atoms with Crippen LogP contribution in [0.2, 0.25) is 0 Å². The van der Waals surface area contributed by atoms with Crippen molar-refractivity contribution in [2.45, 2.75) is 50.7 Å². The fourth-order valence-electron chi connectivity index (χ4n) is 6.04. The molecule has 1 aliphatic heterocycles. The molecule has 5 fully saturated rings. The Kier molecular flexibility index (Phi) is 2.80. The van der Waals surface area contributed by atoms with Gasteiger partial charge in [0.25, 0.3) is 0 Å². The quantitative estimate of drug-likeness (QED) is 0.833. The van der Waals surface area contributed by atoms with Gasteiger partial charge in [0.2, 0.25) is 0 Å². The molecule has 116 valence electrons. The van der Waals surface area contributed by atoms with Gasteiger partial charge in [0.1, 0.15) is 0 Å². The zero-order valence-electron chi connectivity index (χ0n) is 12.6. The second-order valence-corrected chi connectivity index (χ2v) is 8.17. The molecule has 0 spiro atoms. The van der Waals surface area contributed by atoms with E-state index in [0.29, 0.717) is 12.0 Å². The van der Waals surface area contributed by atoms with E-state index in [9.17, 15) is 4.79 Å². The van der Waals surface area contributed by atoms with Crippen molar-refractivity contribution in [3.63, 3.8) is 0 Å². The van der Waals surface area contributed by atoms with Gasteiger partial charge in [0.15, 0.2) is 0 Å². The molecule has 1 heterocycles. The van der Waals surface area contributed by atoms with Gasteiger partial charge in [-0.05, 0) is 74.0 Å². The SMILES string of the molecule is O=C(NCCC1CCC2CC12)NC1C2CC3COC1C3C2. The highest BCUT2D eigenvalue weighted by atomic mass is 16.5. The summed E-state index contributed by atoms with van der Waals surface area (Å²) in [6.45, 7) is 1.77. The van der Waals surface area contributed by atoms with Crippen molar-refractivity contribution in [2.24, 2.45) is 35.5 Å². The number of carbonyl (C=O) groups excluding carboxylic acids is 1. The summed E-state index contributed by atoms with van der Waals surface area (Å²) in [6.07, 6.45) is 8.30. The molecule has 8 atom stereocenters. The standard InChI is InChI=1S/C17H26N2O2/c20-17(18-4-3-9-1-2-10-6-13(9)10)19-15-11-5-12-8-21-16(15)14(12)7-11/h9-16H,1-8H2,(H2,18,19,20). The van der Waals surface area contributed by atoms with Gasteiger partial charge < -0.3 is 15.4 Å². The first kappa shape index (κ1) is 12.7. The van der Waals surface area contributed by atoms with Crippen molar-refractivity contribution in [3.8, 4) is 0 Å². The van der Waals surface area contributed by atoms with Gasteiger partial charge in [0, 0.05) is 6.54 Å². The molecule has 0 aromatic rings. The van der Waals surface area contributed by atoms with Gasteiger partial charge >= 0.3 is 6.03 Å². The Morgan fingerprint density at radius 2 is 1.95 bits per heavy atom. The molecule has 4 nitrogen and oxygen atoms in total. The minimum atomic E-state index is 0.0324. The van der Waals surface area contributed by atoms with E-state index in [1.165, 1.54) is 38.5 Å². The summed E-state index contributed by atoms with van der Waals surface area (Å²) < 4.78 is 5.91. The summed E-state index contributed by atoms with van der Waals surface area (Å²) in [5.74, 6) is 5.12. The van der Waals surface area contributed by atoms with Gasteiger partial charge in [-0.2, -0.15) is 0 Å². The van der Waals surface area contributed by atoms with Gasteiger partial charge in [-0.1, -0.05) is 0 Å². The lowest BCUT2D eigenvalue weighted by Crippen LogP contribution is -2.50. The Morgan fingerprint density at radius 1 is 1.05 bits per heavy atom. The molecule has 0 aromatic carbocycles. The van der Waals surface area contributed by atoms with E-state index in [-0.39, 0.29) is 12.1 Å². The van der Waals surface area contributed by atoms with Crippen LogP contribution in [0.3, 0.4) is 0 Å². The third-order valence-corrected chi connectivity index (χ3v) is 7.16. The predicted molar refractivity (Wildman–Crippen MR) is 78.7 cm³/mol. The van der Waals surface area contributed by atoms with Crippen LogP contribution in [0.15, 0.2) is 0 Å². The maximum absolute atomic E-state index is 12.1. The van der Waals surface area contributed by atoms with E-state index in [4.69, 9.17) is 4.74 Å². The minimum Gasteiger partial charge on any atom is -0.375 e. The monoisotopic (exact) mass is 290 g/mol. The summed E-state index contributed by atoms with van der Waals surface area (Å²) in [5, 5.41) is 6.30. The lowest BCUT2D eigenvalue weighted by atomic mass is 9.87. The number of amides is 2. The Labute approximate surface area is 126 Å². The minimum absolute atomic E-state index is 0.0324. The fraction of sp³-hybridized carbons (Fsp3) is 0.941. The first-order chi connectivity index (χ1) is 10.3. The number of nitrogens with one attached hydrogen (secondary N) is 2. The van der Waals surface area contributed by atoms with Crippen molar-refractivity contribution >= 4 is 6.03 Å². The highest BCUT2D eigenvalue weighted by molar-refractivity contribution is 5.74. The van der Waals surface area contributed by atoms with Gasteiger partial charge in [-0.25, -0.2) is 4.79 Å². The van der Waals surface area contributed by atoms with Crippen LogP contribution in [0.25, 0.3) is 0 Å². The molecular formula is C17H26N2O2. The van der Waals surface area contributed by atoms with Crippen LogP contribution in [-0.4, -0.2) is 31.3 Å². The van der Waals surface area contributed by atoms with Crippen LogP contribution >= 0.6 is 0 Å². The lowest BCUT2D eigenvalue weighted by molar-refractivity contribution is 0.0788. The molecule has 0 aromatic heterocycles. The van der Waals surface area contributed by atoms with Crippen molar-refractivity contribution < 1.29 is 9.53 Å². The topological polar surface area (TPSA) is 50.4 Å². The number of hydrogen-bond donors (Lipinski definition) is 2. The summed E-state index contributed by atoms with van der Waals surface area (Å²) in [6, 6.07) is 0.304. The highest BCUT2D eigenvalue weighted by Crippen LogP contribution is 2.56. The smallest absolute Gasteiger partial charge is 0.315 e. The van der Waals surface area contributed by atoms with Crippen LogP contribution in [0.5, 0.6) is 0 Å². The number of rotatable bonds is 4. The molecule has 5 rings (SSSR count). The van der Waals surface area contributed by atoms with Gasteiger partial charge in [-0.3, -0.25) is 0 Å². The first-order valence-electron chi connectivity index (χ1n) is 8.95. The zero-order valence-corrected chi connectivity index (χ0v) is 12.6. The fourth-order valence-corrected chi connectivity index (χ4v) is 6.04. The van der Waals surface area contributed by atoms with Crippen LogP contribution in [0.4, 0.5) is 4.79 Å². The molecule has 0 radical (unpaired) electrons. The Hall–Kier alpha value is -0.770. The Balaban J connectivity index is 1.09. The second kappa shape index (κ2) is 4.61. The Morgan fingerprint density at radius 3 is 2.76 bits per heavy atom. The maximum atomic E-state index is 12.1. The molecular weight excluding hydrogens is 264 g/mol. The van der Waals surface area contributed by atoms with E-state index >= 15 is 0 Å². The number of ether oxygens (including phenoxy) is 1. The maximum Gasteiger partial charge on any atom is 0.315 e. The zero-order chi connectivity index (χ0) is 14.0. The lowest BCUT2D eigenvalue weighted by Gasteiger charge is -2.27. The largest absolute Gasteiger partial charge is 0.375 e. The molecule has 5 aliphatic rings. The number of fused-ring (bicyclic) bond motifs is 2. The number of carbonyl (C=O) groups is 1. The first-order valence-corrected chi connectivity index (χ1v) is 8.95. The molecule has 4 heteroatoms. The van der Waals surface area contributed by atoms with E-state index in [1.54, 1.807) is 0 Å².